The van der Waals surface area contributed by atoms with Gasteiger partial charge in [0.2, 0.25) is 10.0 Å². The Morgan fingerprint density at radius 1 is 0.905 bits per heavy atom. The van der Waals surface area contributed by atoms with E-state index in [-0.39, 0.29) is 20.5 Å². The van der Waals surface area contributed by atoms with Crippen LogP contribution in [0, 0.1) is 0 Å². The number of nitrogens with one attached hydrogen (secondary N) is 1. The summed E-state index contributed by atoms with van der Waals surface area (Å²) in [6, 6.07) is 10.9. The summed E-state index contributed by atoms with van der Waals surface area (Å²) < 4.78 is 49.1. The quantitative estimate of drug-likeness (QED) is 0.880. The maximum atomic E-state index is 12.2. The molecule has 2 aromatic carbocycles. The van der Waals surface area contributed by atoms with E-state index in [2.05, 4.69) is 4.72 Å². The lowest BCUT2D eigenvalue weighted by Crippen LogP contribution is -2.15. The molecule has 0 fully saturated rings. The molecule has 0 aromatic heterocycles. The molecule has 9 heteroatoms. The molecular weight excluding hydrogens is 336 g/mol. The zero-order chi connectivity index (χ0) is 15.7. The summed E-state index contributed by atoms with van der Waals surface area (Å²) in [5.74, 6) is 0. The first-order valence-electron chi connectivity index (χ1n) is 5.60. The minimum absolute atomic E-state index is 0.0315. The number of halogens is 1. The number of hydrogen-bond acceptors (Lipinski definition) is 4. The lowest BCUT2D eigenvalue weighted by Gasteiger charge is -2.09. The van der Waals surface area contributed by atoms with Gasteiger partial charge in [-0.05, 0) is 36.4 Å². The Labute approximate surface area is 127 Å². The van der Waals surface area contributed by atoms with Gasteiger partial charge in [0.25, 0.3) is 10.0 Å². The van der Waals surface area contributed by atoms with Crippen LogP contribution < -0.4 is 9.86 Å². The van der Waals surface area contributed by atoms with E-state index in [1.807, 2.05) is 0 Å². The highest BCUT2D eigenvalue weighted by atomic mass is 35.5. The summed E-state index contributed by atoms with van der Waals surface area (Å²) in [7, 11) is -7.78. The third-order valence-electron chi connectivity index (χ3n) is 2.52. The molecule has 112 valence electrons. The van der Waals surface area contributed by atoms with E-state index in [1.54, 1.807) is 6.07 Å². The number of sulfonamides is 2. The molecular formula is C12H11ClN2O4S2. The molecule has 0 heterocycles. The van der Waals surface area contributed by atoms with Crippen LogP contribution in [0.3, 0.4) is 0 Å². The second-order valence-electron chi connectivity index (χ2n) is 4.14. The highest BCUT2D eigenvalue weighted by molar-refractivity contribution is 7.92. The van der Waals surface area contributed by atoms with Crippen molar-refractivity contribution in [1.29, 1.82) is 0 Å². The first-order valence-corrected chi connectivity index (χ1v) is 9.00. The van der Waals surface area contributed by atoms with Gasteiger partial charge in [0.15, 0.2) is 0 Å². The molecule has 0 bridgehead atoms. The van der Waals surface area contributed by atoms with Crippen molar-refractivity contribution in [3.8, 4) is 0 Å². The molecule has 0 radical (unpaired) electrons. The number of benzene rings is 2. The van der Waals surface area contributed by atoms with Crippen molar-refractivity contribution < 1.29 is 16.8 Å². The molecule has 3 N–H and O–H groups in total. The van der Waals surface area contributed by atoms with Gasteiger partial charge in [-0.2, -0.15) is 0 Å². The van der Waals surface area contributed by atoms with Crippen LogP contribution in [0.25, 0.3) is 0 Å². The summed E-state index contributed by atoms with van der Waals surface area (Å²) in [4.78, 5) is -0.218. The maximum Gasteiger partial charge on any atom is 0.261 e. The monoisotopic (exact) mass is 346 g/mol. The Balaban J connectivity index is 2.38. The van der Waals surface area contributed by atoms with Gasteiger partial charge in [0.1, 0.15) is 0 Å². The SMILES string of the molecule is NS(=O)(=O)c1cccc(NS(=O)(=O)c2cccc(Cl)c2)c1. The smallest absolute Gasteiger partial charge is 0.261 e. The predicted molar refractivity (Wildman–Crippen MR) is 80.1 cm³/mol. The van der Waals surface area contributed by atoms with E-state index in [0.29, 0.717) is 0 Å². The van der Waals surface area contributed by atoms with Crippen molar-refractivity contribution in [3.05, 3.63) is 53.6 Å². The lowest BCUT2D eigenvalue weighted by molar-refractivity contribution is 0.596. The number of primary sulfonamides is 1. The third kappa shape index (κ3) is 3.94. The molecule has 0 saturated carbocycles. The van der Waals surface area contributed by atoms with Crippen molar-refractivity contribution in [2.24, 2.45) is 5.14 Å². The number of rotatable bonds is 4. The van der Waals surface area contributed by atoms with Crippen LogP contribution in [0.1, 0.15) is 0 Å². The number of nitrogens with two attached hydrogens (primary N) is 1. The summed E-state index contributed by atoms with van der Waals surface area (Å²) in [6.45, 7) is 0. The summed E-state index contributed by atoms with van der Waals surface area (Å²) in [5.41, 5.74) is 0.0847. The Hall–Kier alpha value is -1.61. The zero-order valence-corrected chi connectivity index (χ0v) is 12.9. The number of anilines is 1. The number of hydrogen-bond donors (Lipinski definition) is 2. The second-order valence-corrected chi connectivity index (χ2v) is 7.82. The van der Waals surface area contributed by atoms with Crippen molar-refractivity contribution >= 4 is 37.3 Å². The Bertz CT molecular complexity index is 880. The van der Waals surface area contributed by atoms with E-state index < -0.39 is 20.0 Å². The van der Waals surface area contributed by atoms with E-state index in [1.165, 1.54) is 36.4 Å². The van der Waals surface area contributed by atoms with Crippen LogP contribution in [-0.2, 0) is 20.0 Å². The molecule has 0 unspecified atom stereocenters. The Morgan fingerprint density at radius 2 is 1.52 bits per heavy atom. The molecule has 0 aliphatic carbocycles. The highest BCUT2D eigenvalue weighted by Crippen LogP contribution is 2.20. The molecule has 0 aliphatic heterocycles. The van der Waals surface area contributed by atoms with Crippen LogP contribution in [-0.4, -0.2) is 16.8 Å². The first-order chi connectivity index (χ1) is 9.68. The highest BCUT2D eigenvalue weighted by Gasteiger charge is 2.16. The van der Waals surface area contributed by atoms with E-state index in [4.69, 9.17) is 16.7 Å². The molecule has 2 rings (SSSR count). The van der Waals surface area contributed by atoms with Crippen molar-refractivity contribution in [2.75, 3.05) is 4.72 Å². The van der Waals surface area contributed by atoms with Gasteiger partial charge in [0, 0.05) is 5.02 Å². The Morgan fingerprint density at radius 3 is 2.14 bits per heavy atom. The molecule has 0 spiro atoms. The molecule has 0 atom stereocenters. The molecule has 21 heavy (non-hydrogen) atoms. The first kappa shape index (κ1) is 15.8. The van der Waals surface area contributed by atoms with E-state index in [0.717, 1.165) is 6.07 Å². The molecule has 0 saturated heterocycles. The minimum Gasteiger partial charge on any atom is -0.280 e. The Kier molecular flexibility index (Phi) is 4.24. The summed E-state index contributed by atoms with van der Waals surface area (Å²) in [5, 5.41) is 5.27. The largest absolute Gasteiger partial charge is 0.280 e. The third-order valence-corrected chi connectivity index (χ3v) is 5.05. The second kappa shape index (κ2) is 5.64. The summed E-state index contributed by atoms with van der Waals surface area (Å²) >= 11 is 5.75. The maximum absolute atomic E-state index is 12.2. The van der Waals surface area contributed by atoms with Gasteiger partial charge < -0.3 is 0 Å². The molecule has 2 aromatic rings. The van der Waals surface area contributed by atoms with Gasteiger partial charge in [-0.3, -0.25) is 4.72 Å². The fraction of sp³-hybridized carbons (Fsp3) is 0. The van der Waals surface area contributed by atoms with Gasteiger partial charge >= 0.3 is 0 Å². The fourth-order valence-electron chi connectivity index (χ4n) is 1.58. The molecule has 0 aliphatic rings. The van der Waals surface area contributed by atoms with Crippen molar-refractivity contribution in [2.45, 2.75) is 9.79 Å². The van der Waals surface area contributed by atoms with Gasteiger partial charge in [-0.25, -0.2) is 22.0 Å². The predicted octanol–water partition coefficient (Wildman–Crippen LogP) is 1.79. The summed E-state index contributed by atoms with van der Waals surface area (Å²) in [6.07, 6.45) is 0. The van der Waals surface area contributed by atoms with Crippen LogP contribution >= 0.6 is 11.6 Å². The molecule has 6 nitrogen and oxygen atoms in total. The van der Waals surface area contributed by atoms with Crippen molar-refractivity contribution in [3.63, 3.8) is 0 Å². The average Bonchev–Trinajstić information content (AvgIpc) is 2.37. The normalized spacial score (nSPS) is 12.1. The van der Waals surface area contributed by atoms with Crippen molar-refractivity contribution in [1.82, 2.24) is 0 Å². The molecule has 0 amide bonds. The van der Waals surface area contributed by atoms with Crippen LogP contribution in [0.15, 0.2) is 58.3 Å². The van der Waals surface area contributed by atoms with E-state index in [9.17, 15) is 16.8 Å². The van der Waals surface area contributed by atoms with E-state index >= 15 is 0 Å². The minimum atomic E-state index is -3.91. The topological polar surface area (TPSA) is 106 Å². The standard InChI is InChI=1S/C12H11ClN2O4S2/c13-9-3-1-6-12(7-9)21(18,19)15-10-4-2-5-11(8-10)20(14,16)17/h1-8,15H,(H2,14,16,17). The lowest BCUT2D eigenvalue weighted by atomic mass is 10.3. The van der Waals surface area contributed by atoms with Crippen LogP contribution in [0.2, 0.25) is 5.02 Å². The fourth-order valence-corrected chi connectivity index (χ4v) is 3.49. The van der Waals surface area contributed by atoms with Gasteiger partial charge in [0.05, 0.1) is 15.5 Å². The van der Waals surface area contributed by atoms with Crippen LogP contribution in [0.5, 0.6) is 0 Å². The van der Waals surface area contributed by atoms with Gasteiger partial charge in [-0.1, -0.05) is 23.7 Å². The van der Waals surface area contributed by atoms with Crippen LogP contribution in [0.4, 0.5) is 5.69 Å². The average molecular weight is 347 g/mol. The van der Waals surface area contributed by atoms with Gasteiger partial charge in [-0.15, -0.1) is 0 Å². The zero-order valence-electron chi connectivity index (χ0n) is 10.5.